The van der Waals surface area contributed by atoms with Crippen LogP contribution in [0.3, 0.4) is 0 Å². The number of carbonyl (C=O) groups excluding carboxylic acids is 1. The Morgan fingerprint density at radius 2 is 1.88 bits per heavy atom. The number of benzene rings is 2. The standard InChI is InChI=1S/C17H16ClF3N2O/c1-11(12-5-3-2-4-6-12)22-10-16(24)23-13-7-8-15(18)14(9-13)17(19,20)21/h2-9,11,22H,10H2,1H3,(H,23,24)/p+1/t11-/m0/s1. The Morgan fingerprint density at radius 1 is 1.21 bits per heavy atom. The molecule has 0 aliphatic carbocycles. The summed E-state index contributed by atoms with van der Waals surface area (Å²) in [7, 11) is 0. The molecule has 0 fully saturated rings. The van der Waals surface area contributed by atoms with Crippen LogP contribution in [-0.4, -0.2) is 12.5 Å². The van der Waals surface area contributed by atoms with E-state index in [-0.39, 0.29) is 24.2 Å². The molecule has 7 heteroatoms. The summed E-state index contributed by atoms with van der Waals surface area (Å²) in [5.74, 6) is -0.381. The van der Waals surface area contributed by atoms with E-state index in [0.29, 0.717) is 0 Å². The van der Waals surface area contributed by atoms with Crippen molar-refractivity contribution >= 4 is 23.2 Å². The molecule has 1 amide bonds. The van der Waals surface area contributed by atoms with Crippen molar-refractivity contribution in [3.05, 3.63) is 64.7 Å². The van der Waals surface area contributed by atoms with Crippen LogP contribution in [0.15, 0.2) is 48.5 Å². The van der Waals surface area contributed by atoms with Gasteiger partial charge in [-0.05, 0) is 25.1 Å². The number of alkyl halides is 3. The lowest BCUT2D eigenvalue weighted by Crippen LogP contribution is -2.86. The molecule has 0 aliphatic rings. The lowest BCUT2D eigenvalue weighted by atomic mass is 10.1. The maximum Gasteiger partial charge on any atom is 0.417 e. The molecule has 2 aromatic carbocycles. The second-order valence-electron chi connectivity index (χ2n) is 5.38. The molecule has 0 aromatic heterocycles. The van der Waals surface area contributed by atoms with Crippen LogP contribution in [0.4, 0.5) is 18.9 Å². The number of nitrogens with one attached hydrogen (secondary N) is 1. The number of quaternary nitrogens is 1. The molecule has 0 heterocycles. The molecule has 3 N–H and O–H groups in total. The van der Waals surface area contributed by atoms with Gasteiger partial charge in [0.15, 0.2) is 6.54 Å². The summed E-state index contributed by atoms with van der Waals surface area (Å²) in [5.41, 5.74) is 0.164. The van der Waals surface area contributed by atoms with E-state index >= 15 is 0 Å². The number of anilines is 1. The smallest absolute Gasteiger partial charge is 0.333 e. The average molecular weight is 358 g/mol. The minimum atomic E-state index is -4.56. The topological polar surface area (TPSA) is 45.7 Å². The Kier molecular flexibility index (Phi) is 5.85. The van der Waals surface area contributed by atoms with Crippen LogP contribution < -0.4 is 10.6 Å². The van der Waals surface area contributed by atoms with Gasteiger partial charge in [0.25, 0.3) is 5.91 Å². The number of nitrogens with two attached hydrogens (primary N) is 1. The highest BCUT2D eigenvalue weighted by atomic mass is 35.5. The van der Waals surface area contributed by atoms with Crippen LogP contribution in [0, 0.1) is 0 Å². The predicted molar refractivity (Wildman–Crippen MR) is 86.7 cm³/mol. The molecule has 0 bridgehead atoms. The maximum atomic E-state index is 12.8. The number of halogens is 4. The highest BCUT2D eigenvalue weighted by Crippen LogP contribution is 2.36. The normalized spacial score (nSPS) is 12.7. The van der Waals surface area contributed by atoms with E-state index in [1.54, 1.807) is 0 Å². The van der Waals surface area contributed by atoms with E-state index in [4.69, 9.17) is 11.6 Å². The van der Waals surface area contributed by atoms with Gasteiger partial charge in [0, 0.05) is 11.3 Å². The minimum Gasteiger partial charge on any atom is -0.333 e. The third-order valence-corrected chi connectivity index (χ3v) is 3.87. The van der Waals surface area contributed by atoms with Crippen molar-refractivity contribution in [2.45, 2.75) is 19.1 Å². The van der Waals surface area contributed by atoms with E-state index in [1.165, 1.54) is 6.07 Å². The molecule has 3 nitrogen and oxygen atoms in total. The highest BCUT2D eigenvalue weighted by molar-refractivity contribution is 6.31. The van der Waals surface area contributed by atoms with E-state index < -0.39 is 16.8 Å². The number of amides is 1. The van der Waals surface area contributed by atoms with E-state index in [1.807, 2.05) is 42.6 Å². The molecule has 0 spiro atoms. The monoisotopic (exact) mass is 357 g/mol. The van der Waals surface area contributed by atoms with Crippen molar-refractivity contribution in [3.63, 3.8) is 0 Å². The van der Waals surface area contributed by atoms with Gasteiger partial charge >= 0.3 is 6.18 Å². The zero-order valence-electron chi connectivity index (χ0n) is 12.9. The second-order valence-corrected chi connectivity index (χ2v) is 5.79. The number of hydrogen-bond donors (Lipinski definition) is 2. The van der Waals surface area contributed by atoms with Crippen LogP contribution in [-0.2, 0) is 11.0 Å². The molecule has 128 valence electrons. The van der Waals surface area contributed by atoms with Crippen LogP contribution in [0.5, 0.6) is 0 Å². The third-order valence-electron chi connectivity index (χ3n) is 3.54. The molecule has 2 rings (SSSR count). The first kappa shape index (κ1) is 18.3. The molecule has 0 saturated carbocycles. The molecular weight excluding hydrogens is 341 g/mol. The average Bonchev–Trinajstić information content (AvgIpc) is 2.54. The zero-order chi connectivity index (χ0) is 17.7. The molecule has 0 radical (unpaired) electrons. The minimum absolute atomic E-state index is 0.0629. The fraction of sp³-hybridized carbons (Fsp3) is 0.235. The second kappa shape index (κ2) is 7.68. The van der Waals surface area contributed by atoms with Crippen molar-refractivity contribution in [2.75, 3.05) is 11.9 Å². The lowest BCUT2D eigenvalue weighted by Gasteiger charge is -2.13. The number of rotatable bonds is 5. The first-order chi connectivity index (χ1) is 11.3. The SMILES string of the molecule is C[C@H]([NH2+]CC(=O)Nc1ccc(Cl)c(C(F)(F)F)c1)c1ccccc1. The molecule has 2 aromatic rings. The third kappa shape index (κ3) is 4.97. The maximum absolute atomic E-state index is 12.8. The molecule has 0 saturated heterocycles. The Labute approximate surface area is 142 Å². The predicted octanol–water partition coefficient (Wildman–Crippen LogP) is 3.62. The number of hydrogen-bond acceptors (Lipinski definition) is 1. The molecule has 1 atom stereocenters. The Morgan fingerprint density at radius 3 is 2.50 bits per heavy atom. The molecular formula is C17H17ClF3N2O+. The summed E-state index contributed by atoms with van der Waals surface area (Å²) in [4.78, 5) is 11.9. The first-order valence-electron chi connectivity index (χ1n) is 7.32. The lowest BCUT2D eigenvalue weighted by molar-refractivity contribution is -0.682. The zero-order valence-corrected chi connectivity index (χ0v) is 13.7. The van der Waals surface area contributed by atoms with Gasteiger partial charge in [-0.2, -0.15) is 13.2 Å². The van der Waals surface area contributed by atoms with E-state index in [2.05, 4.69) is 5.32 Å². The summed E-state index contributed by atoms with van der Waals surface area (Å²) in [6, 6.07) is 13.0. The van der Waals surface area contributed by atoms with Gasteiger partial charge in [-0.1, -0.05) is 41.9 Å². The van der Waals surface area contributed by atoms with Gasteiger partial charge in [0.2, 0.25) is 0 Å². The Balaban J connectivity index is 1.95. The van der Waals surface area contributed by atoms with Crippen molar-refractivity contribution in [1.29, 1.82) is 0 Å². The van der Waals surface area contributed by atoms with Gasteiger partial charge in [-0.15, -0.1) is 0 Å². The quantitative estimate of drug-likeness (QED) is 0.843. The van der Waals surface area contributed by atoms with E-state index in [9.17, 15) is 18.0 Å². The van der Waals surface area contributed by atoms with Crippen molar-refractivity contribution in [2.24, 2.45) is 0 Å². The Hall–Kier alpha value is -2.05. The summed E-state index contributed by atoms with van der Waals surface area (Å²) in [6.45, 7) is 2.05. The number of carbonyl (C=O) groups is 1. The van der Waals surface area contributed by atoms with Gasteiger partial charge in [-0.25, -0.2) is 0 Å². The summed E-state index contributed by atoms with van der Waals surface area (Å²) < 4.78 is 38.4. The summed E-state index contributed by atoms with van der Waals surface area (Å²) in [5, 5.41) is 3.87. The van der Waals surface area contributed by atoms with Gasteiger partial charge in [0.05, 0.1) is 10.6 Å². The van der Waals surface area contributed by atoms with Crippen LogP contribution in [0.2, 0.25) is 5.02 Å². The van der Waals surface area contributed by atoms with Crippen molar-refractivity contribution < 1.29 is 23.3 Å². The van der Waals surface area contributed by atoms with Crippen molar-refractivity contribution in [3.8, 4) is 0 Å². The largest absolute Gasteiger partial charge is 0.417 e. The first-order valence-corrected chi connectivity index (χ1v) is 7.70. The fourth-order valence-electron chi connectivity index (χ4n) is 2.21. The van der Waals surface area contributed by atoms with Crippen LogP contribution >= 0.6 is 11.6 Å². The Bertz CT molecular complexity index is 705. The fourth-order valence-corrected chi connectivity index (χ4v) is 2.43. The summed E-state index contributed by atoms with van der Waals surface area (Å²) in [6.07, 6.45) is -4.56. The summed E-state index contributed by atoms with van der Waals surface area (Å²) >= 11 is 5.55. The van der Waals surface area contributed by atoms with Crippen LogP contribution in [0.1, 0.15) is 24.1 Å². The van der Waals surface area contributed by atoms with Gasteiger partial charge in [0.1, 0.15) is 6.04 Å². The highest BCUT2D eigenvalue weighted by Gasteiger charge is 2.33. The van der Waals surface area contributed by atoms with E-state index in [0.717, 1.165) is 17.7 Å². The van der Waals surface area contributed by atoms with Crippen LogP contribution in [0.25, 0.3) is 0 Å². The molecule has 0 aliphatic heterocycles. The molecule has 24 heavy (non-hydrogen) atoms. The van der Waals surface area contributed by atoms with Crippen molar-refractivity contribution in [1.82, 2.24) is 0 Å². The van der Waals surface area contributed by atoms with Gasteiger partial charge < -0.3 is 10.6 Å². The molecule has 0 unspecified atom stereocenters. The van der Waals surface area contributed by atoms with Gasteiger partial charge in [-0.3, -0.25) is 4.79 Å².